The number of hydrogen-bond acceptors (Lipinski definition) is 1. The molecule has 1 aromatic rings. The van der Waals surface area contributed by atoms with Gasteiger partial charge >= 0.3 is 0 Å². The maximum absolute atomic E-state index is 6.29. The number of alkyl halides is 1. The first-order chi connectivity index (χ1) is 9.36. The van der Waals surface area contributed by atoms with Gasteiger partial charge in [0.05, 0.1) is 16.7 Å². The van der Waals surface area contributed by atoms with Crippen LogP contribution in [0.2, 0.25) is 10.0 Å². The van der Waals surface area contributed by atoms with Gasteiger partial charge in [0.1, 0.15) is 0 Å². The molecule has 0 N–H and O–H groups in total. The van der Waals surface area contributed by atoms with Gasteiger partial charge in [-0.2, -0.15) is 0 Å². The molecule has 0 aliphatic carbocycles. The Hall–Kier alpha value is 0.0800. The summed E-state index contributed by atoms with van der Waals surface area (Å²) in [4.78, 5) is 0. The molecule has 0 unspecified atom stereocenters. The number of halogens is 3. The molecule has 1 aromatic carbocycles. The van der Waals surface area contributed by atoms with E-state index in [-0.39, 0.29) is 5.41 Å². The van der Waals surface area contributed by atoms with Crippen molar-refractivity contribution in [3.63, 3.8) is 0 Å². The molecule has 0 heterocycles. The summed E-state index contributed by atoms with van der Waals surface area (Å²) in [5, 5.41) is 2.27. The second-order valence-corrected chi connectivity index (χ2v) is 7.58. The summed E-state index contributed by atoms with van der Waals surface area (Å²) in [6, 6.07) is 3.90. The summed E-state index contributed by atoms with van der Waals surface area (Å²) in [5.41, 5.74) is 1.15. The molecule has 0 radical (unpaired) electrons. The van der Waals surface area contributed by atoms with Crippen molar-refractivity contribution in [3.05, 3.63) is 27.7 Å². The molecule has 0 aliphatic rings. The minimum atomic E-state index is 0.0293. The van der Waals surface area contributed by atoms with Crippen LogP contribution in [0.5, 0.6) is 5.75 Å². The average Bonchev–Trinajstić information content (AvgIpc) is 2.34. The van der Waals surface area contributed by atoms with E-state index in [0.717, 1.165) is 17.3 Å². The molecule has 1 rings (SSSR count). The minimum absolute atomic E-state index is 0.0293. The molecule has 1 nitrogen and oxygen atoms in total. The molecular formula is C16H23BrCl2O. The van der Waals surface area contributed by atoms with Crippen LogP contribution >= 0.6 is 39.1 Å². The SMILES string of the molecule is CC(C)(C)c1cc(Cl)c(OCCCCCCBr)c(Cl)c1. The van der Waals surface area contributed by atoms with E-state index in [1.165, 1.54) is 19.3 Å². The molecule has 114 valence electrons. The van der Waals surface area contributed by atoms with Crippen LogP contribution in [-0.2, 0) is 5.41 Å². The Labute approximate surface area is 141 Å². The molecular weight excluding hydrogens is 359 g/mol. The van der Waals surface area contributed by atoms with Gasteiger partial charge in [0.25, 0.3) is 0 Å². The summed E-state index contributed by atoms with van der Waals surface area (Å²) in [6.45, 7) is 7.08. The van der Waals surface area contributed by atoms with Gasteiger partial charge in [-0.1, -0.05) is 72.7 Å². The lowest BCUT2D eigenvalue weighted by molar-refractivity contribution is 0.305. The first kappa shape index (κ1) is 18.1. The highest BCUT2D eigenvalue weighted by atomic mass is 79.9. The van der Waals surface area contributed by atoms with E-state index in [1.807, 2.05) is 12.1 Å². The topological polar surface area (TPSA) is 9.23 Å². The van der Waals surface area contributed by atoms with Crippen LogP contribution in [0, 0.1) is 0 Å². The molecule has 0 amide bonds. The molecule has 0 fully saturated rings. The van der Waals surface area contributed by atoms with Crippen LogP contribution in [0.3, 0.4) is 0 Å². The number of unbranched alkanes of at least 4 members (excludes halogenated alkanes) is 3. The van der Waals surface area contributed by atoms with E-state index in [0.29, 0.717) is 22.4 Å². The van der Waals surface area contributed by atoms with Gasteiger partial charge in [0.2, 0.25) is 0 Å². The van der Waals surface area contributed by atoms with Crippen molar-refractivity contribution in [2.45, 2.75) is 51.9 Å². The predicted octanol–water partition coefficient (Wildman–Crippen LogP) is 6.63. The second kappa shape index (κ2) is 8.51. The Morgan fingerprint density at radius 3 is 2.05 bits per heavy atom. The zero-order valence-corrected chi connectivity index (χ0v) is 15.5. The molecule has 0 aromatic heterocycles. The third-order valence-electron chi connectivity index (χ3n) is 3.14. The Bertz CT molecular complexity index is 404. The van der Waals surface area contributed by atoms with Crippen molar-refractivity contribution >= 4 is 39.1 Å². The van der Waals surface area contributed by atoms with Gasteiger partial charge in [-0.15, -0.1) is 0 Å². The maximum Gasteiger partial charge on any atom is 0.156 e. The highest BCUT2D eigenvalue weighted by Gasteiger charge is 2.18. The number of hydrogen-bond donors (Lipinski definition) is 0. The fourth-order valence-corrected chi connectivity index (χ4v) is 2.85. The van der Waals surface area contributed by atoms with Crippen molar-refractivity contribution in [2.24, 2.45) is 0 Å². The molecule has 0 atom stereocenters. The van der Waals surface area contributed by atoms with Crippen LogP contribution in [0.25, 0.3) is 0 Å². The molecule has 20 heavy (non-hydrogen) atoms. The van der Waals surface area contributed by atoms with E-state index >= 15 is 0 Å². The summed E-state index contributed by atoms with van der Waals surface area (Å²) in [6.07, 6.45) is 4.63. The van der Waals surface area contributed by atoms with Crippen LogP contribution in [0.4, 0.5) is 0 Å². The summed E-state index contributed by atoms with van der Waals surface area (Å²) >= 11 is 16.0. The highest BCUT2D eigenvalue weighted by Crippen LogP contribution is 2.37. The monoisotopic (exact) mass is 380 g/mol. The average molecular weight is 382 g/mol. The molecule has 0 saturated heterocycles. The molecule has 0 saturated carbocycles. The minimum Gasteiger partial charge on any atom is -0.490 e. The lowest BCUT2D eigenvalue weighted by Gasteiger charge is -2.21. The van der Waals surface area contributed by atoms with Gasteiger partial charge in [-0.25, -0.2) is 0 Å². The van der Waals surface area contributed by atoms with E-state index < -0.39 is 0 Å². The molecule has 0 spiro atoms. The summed E-state index contributed by atoms with van der Waals surface area (Å²) < 4.78 is 5.74. The smallest absolute Gasteiger partial charge is 0.156 e. The standard InChI is InChI=1S/C16H23BrCl2O/c1-16(2,3)12-10-13(18)15(14(19)11-12)20-9-7-5-4-6-8-17/h10-11H,4-9H2,1-3H3. The Kier molecular flexibility index (Phi) is 7.71. The fraction of sp³-hybridized carbons (Fsp3) is 0.625. The van der Waals surface area contributed by atoms with E-state index in [1.54, 1.807) is 0 Å². The van der Waals surface area contributed by atoms with Gasteiger partial charge in [-0.3, -0.25) is 0 Å². The van der Waals surface area contributed by atoms with Crippen LogP contribution < -0.4 is 4.74 Å². The second-order valence-electron chi connectivity index (χ2n) is 5.97. The fourth-order valence-electron chi connectivity index (χ4n) is 1.86. The van der Waals surface area contributed by atoms with E-state index in [4.69, 9.17) is 27.9 Å². The molecule has 0 aliphatic heterocycles. The van der Waals surface area contributed by atoms with Crippen molar-refractivity contribution in [1.82, 2.24) is 0 Å². The number of benzene rings is 1. The quantitative estimate of drug-likeness (QED) is 0.380. The van der Waals surface area contributed by atoms with Crippen molar-refractivity contribution < 1.29 is 4.74 Å². The van der Waals surface area contributed by atoms with Gasteiger partial charge < -0.3 is 4.74 Å². The zero-order valence-electron chi connectivity index (χ0n) is 12.4. The van der Waals surface area contributed by atoms with Gasteiger partial charge in [0, 0.05) is 5.33 Å². The third-order valence-corrected chi connectivity index (χ3v) is 4.26. The Morgan fingerprint density at radius 2 is 1.55 bits per heavy atom. The number of ether oxygens (including phenoxy) is 1. The maximum atomic E-state index is 6.29. The molecule has 4 heteroatoms. The molecule has 0 bridgehead atoms. The lowest BCUT2D eigenvalue weighted by Crippen LogP contribution is -2.11. The zero-order chi connectivity index (χ0) is 15.2. The predicted molar refractivity (Wildman–Crippen MR) is 92.9 cm³/mol. The largest absolute Gasteiger partial charge is 0.490 e. The van der Waals surface area contributed by atoms with E-state index in [2.05, 4.69) is 36.7 Å². The first-order valence-electron chi connectivity index (χ1n) is 7.04. The highest BCUT2D eigenvalue weighted by molar-refractivity contribution is 9.09. The van der Waals surface area contributed by atoms with Crippen LogP contribution in [-0.4, -0.2) is 11.9 Å². The van der Waals surface area contributed by atoms with E-state index in [9.17, 15) is 0 Å². The Balaban J connectivity index is 2.59. The normalized spacial score (nSPS) is 11.7. The van der Waals surface area contributed by atoms with Crippen LogP contribution in [0.15, 0.2) is 12.1 Å². The van der Waals surface area contributed by atoms with Crippen molar-refractivity contribution in [2.75, 3.05) is 11.9 Å². The van der Waals surface area contributed by atoms with Crippen LogP contribution in [0.1, 0.15) is 52.0 Å². The lowest BCUT2D eigenvalue weighted by atomic mass is 9.87. The van der Waals surface area contributed by atoms with Crippen molar-refractivity contribution in [3.8, 4) is 5.75 Å². The number of rotatable bonds is 7. The first-order valence-corrected chi connectivity index (χ1v) is 8.92. The van der Waals surface area contributed by atoms with Gasteiger partial charge in [0.15, 0.2) is 5.75 Å². The third kappa shape index (κ3) is 5.83. The summed E-state index contributed by atoms with van der Waals surface area (Å²) in [5.74, 6) is 0.613. The summed E-state index contributed by atoms with van der Waals surface area (Å²) in [7, 11) is 0. The Morgan fingerprint density at radius 1 is 1.00 bits per heavy atom. The van der Waals surface area contributed by atoms with Crippen molar-refractivity contribution in [1.29, 1.82) is 0 Å². The van der Waals surface area contributed by atoms with Gasteiger partial charge in [-0.05, 0) is 36.0 Å².